The van der Waals surface area contributed by atoms with Gasteiger partial charge in [0.2, 0.25) is 5.91 Å². The van der Waals surface area contributed by atoms with Crippen molar-refractivity contribution in [2.75, 3.05) is 11.9 Å². The van der Waals surface area contributed by atoms with Gasteiger partial charge < -0.3 is 10.1 Å². The first-order valence-corrected chi connectivity index (χ1v) is 9.50. The SMILES string of the molecule is Cc1ccc(-c2csc(NC(=O)CCCOc3ccccc3C)n2)cc1. The molecule has 134 valence electrons. The van der Waals surface area contributed by atoms with Crippen molar-refractivity contribution in [3.8, 4) is 17.0 Å². The topological polar surface area (TPSA) is 51.2 Å². The highest BCUT2D eigenvalue weighted by Gasteiger charge is 2.08. The lowest BCUT2D eigenvalue weighted by atomic mass is 10.1. The van der Waals surface area contributed by atoms with E-state index in [0.717, 1.165) is 22.6 Å². The molecule has 1 aromatic heterocycles. The zero-order chi connectivity index (χ0) is 18.4. The summed E-state index contributed by atoms with van der Waals surface area (Å²) in [6, 6.07) is 16.1. The molecule has 1 N–H and O–H groups in total. The molecule has 1 heterocycles. The Kier molecular flexibility index (Phi) is 6.02. The summed E-state index contributed by atoms with van der Waals surface area (Å²) in [5.74, 6) is 0.832. The molecule has 3 aromatic rings. The minimum absolute atomic E-state index is 0.0387. The molecule has 0 saturated carbocycles. The van der Waals surface area contributed by atoms with E-state index >= 15 is 0 Å². The molecule has 0 aliphatic heterocycles. The predicted molar refractivity (Wildman–Crippen MR) is 107 cm³/mol. The first-order chi connectivity index (χ1) is 12.6. The Balaban J connectivity index is 1.45. The van der Waals surface area contributed by atoms with Gasteiger partial charge in [0.1, 0.15) is 5.75 Å². The molecule has 0 fully saturated rings. The molecular weight excluding hydrogens is 344 g/mol. The van der Waals surface area contributed by atoms with E-state index in [1.165, 1.54) is 16.9 Å². The van der Waals surface area contributed by atoms with E-state index in [0.29, 0.717) is 24.6 Å². The summed E-state index contributed by atoms with van der Waals surface area (Å²) in [5, 5.41) is 5.46. The zero-order valence-corrected chi connectivity index (χ0v) is 15.8. The Hall–Kier alpha value is -2.66. The minimum Gasteiger partial charge on any atom is -0.493 e. The van der Waals surface area contributed by atoms with Gasteiger partial charge in [-0.25, -0.2) is 4.98 Å². The third-order valence-electron chi connectivity index (χ3n) is 4.00. The van der Waals surface area contributed by atoms with Gasteiger partial charge >= 0.3 is 0 Å². The number of aryl methyl sites for hydroxylation is 2. The summed E-state index contributed by atoms with van der Waals surface area (Å²) in [6.45, 7) is 4.58. The van der Waals surface area contributed by atoms with Crippen molar-refractivity contribution in [2.24, 2.45) is 0 Å². The third kappa shape index (κ3) is 4.92. The quantitative estimate of drug-likeness (QED) is 0.583. The maximum atomic E-state index is 12.1. The number of thiazole rings is 1. The van der Waals surface area contributed by atoms with Crippen LogP contribution in [0.4, 0.5) is 5.13 Å². The number of carbonyl (C=O) groups excluding carboxylic acids is 1. The van der Waals surface area contributed by atoms with Gasteiger partial charge in [0, 0.05) is 17.4 Å². The van der Waals surface area contributed by atoms with Gasteiger partial charge in [-0.2, -0.15) is 0 Å². The Morgan fingerprint density at radius 2 is 1.88 bits per heavy atom. The van der Waals surface area contributed by atoms with Crippen LogP contribution in [-0.2, 0) is 4.79 Å². The molecule has 3 rings (SSSR count). The summed E-state index contributed by atoms with van der Waals surface area (Å²) in [4.78, 5) is 16.6. The smallest absolute Gasteiger partial charge is 0.226 e. The van der Waals surface area contributed by atoms with Gasteiger partial charge in [0.25, 0.3) is 0 Å². The number of carbonyl (C=O) groups is 1. The second kappa shape index (κ2) is 8.63. The van der Waals surface area contributed by atoms with Crippen LogP contribution < -0.4 is 10.1 Å². The Labute approximate surface area is 157 Å². The Bertz CT molecular complexity index is 872. The fourth-order valence-electron chi connectivity index (χ4n) is 2.50. The van der Waals surface area contributed by atoms with Crippen molar-refractivity contribution in [1.82, 2.24) is 4.98 Å². The number of para-hydroxylation sites is 1. The molecule has 0 atom stereocenters. The van der Waals surface area contributed by atoms with Crippen molar-refractivity contribution in [3.63, 3.8) is 0 Å². The second-order valence-electron chi connectivity index (χ2n) is 6.17. The van der Waals surface area contributed by atoms with Crippen LogP contribution in [0.25, 0.3) is 11.3 Å². The van der Waals surface area contributed by atoms with Gasteiger partial charge in [-0.15, -0.1) is 11.3 Å². The lowest BCUT2D eigenvalue weighted by Crippen LogP contribution is -2.12. The normalized spacial score (nSPS) is 10.5. The fraction of sp³-hybridized carbons (Fsp3) is 0.238. The average molecular weight is 366 g/mol. The van der Waals surface area contributed by atoms with Gasteiger partial charge in [0.15, 0.2) is 5.13 Å². The lowest BCUT2D eigenvalue weighted by Gasteiger charge is -2.08. The van der Waals surface area contributed by atoms with Gasteiger partial charge in [-0.05, 0) is 31.9 Å². The van der Waals surface area contributed by atoms with E-state index in [9.17, 15) is 4.79 Å². The highest BCUT2D eigenvalue weighted by atomic mass is 32.1. The van der Waals surface area contributed by atoms with Crippen molar-refractivity contribution in [2.45, 2.75) is 26.7 Å². The van der Waals surface area contributed by atoms with Gasteiger partial charge in [-0.1, -0.05) is 48.0 Å². The highest BCUT2D eigenvalue weighted by molar-refractivity contribution is 7.14. The summed E-state index contributed by atoms with van der Waals surface area (Å²) in [7, 11) is 0. The van der Waals surface area contributed by atoms with E-state index in [1.54, 1.807) is 0 Å². The molecule has 0 bridgehead atoms. The Morgan fingerprint density at radius 1 is 1.12 bits per heavy atom. The summed E-state index contributed by atoms with van der Waals surface area (Å²) < 4.78 is 5.72. The van der Waals surface area contributed by atoms with E-state index in [4.69, 9.17) is 4.74 Å². The average Bonchev–Trinajstić information content (AvgIpc) is 3.09. The molecule has 0 aliphatic carbocycles. The number of rotatable bonds is 7. The number of hydrogen-bond acceptors (Lipinski definition) is 4. The summed E-state index contributed by atoms with van der Waals surface area (Å²) in [6.07, 6.45) is 1.07. The number of benzene rings is 2. The number of nitrogens with one attached hydrogen (secondary N) is 1. The van der Waals surface area contributed by atoms with Crippen molar-refractivity contribution < 1.29 is 9.53 Å². The maximum absolute atomic E-state index is 12.1. The lowest BCUT2D eigenvalue weighted by molar-refractivity contribution is -0.116. The molecule has 0 radical (unpaired) electrons. The largest absolute Gasteiger partial charge is 0.493 e. The number of hydrogen-bond donors (Lipinski definition) is 1. The monoisotopic (exact) mass is 366 g/mol. The highest BCUT2D eigenvalue weighted by Crippen LogP contribution is 2.25. The van der Waals surface area contributed by atoms with E-state index in [1.807, 2.05) is 48.7 Å². The van der Waals surface area contributed by atoms with Gasteiger partial charge in [-0.3, -0.25) is 4.79 Å². The molecule has 0 aliphatic rings. The Morgan fingerprint density at radius 3 is 2.65 bits per heavy atom. The molecule has 0 saturated heterocycles. The zero-order valence-electron chi connectivity index (χ0n) is 15.0. The van der Waals surface area contributed by atoms with Crippen LogP contribution in [0, 0.1) is 13.8 Å². The van der Waals surface area contributed by atoms with Crippen LogP contribution in [0.5, 0.6) is 5.75 Å². The molecule has 4 nitrogen and oxygen atoms in total. The van der Waals surface area contributed by atoms with Crippen LogP contribution in [0.2, 0.25) is 0 Å². The first kappa shape index (κ1) is 18.1. The van der Waals surface area contributed by atoms with E-state index in [-0.39, 0.29) is 5.91 Å². The molecule has 26 heavy (non-hydrogen) atoms. The molecule has 5 heteroatoms. The van der Waals surface area contributed by atoms with Crippen LogP contribution in [0.1, 0.15) is 24.0 Å². The minimum atomic E-state index is -0.0387. The number of aromatic nitrogens is 1. The molecular formula is C21H22N2O2S. The standard InChI is InChI=1S/C21H22N2O2S/c1-15-9-11-17(12-10-15)18-14-26-21(22-18)23-20(24)8-5-13-25-19-7-4-3-6-16(19)2/h3-4,6-7,9-12,14H,5,8,13H2,1-2H3,(H,22,23,24). The van der Waals surface area contributed by atoms with Crippen LogP contribution in [0.3, 0.4) is 0 Å². The maximum Gasteiger partial charge on any atom is 0.226 e. The van der Waals surface area contributed by atoms with Crippen LogP contribution in [0.15, 0.2) is 53.9 Å². The fourth-order valence-corrected chi connectivity index (χ4v) is 3.24. The number of anilines is 1. The predicted octanol–water partition coefficient (Wildman–Crippen LogP) is 5.22. The molecule has 1 amide bonds. The third-order valence-corrected chi connectivity index (χ3v) is 4.75. The first-order valence-electron chi connectivity index (χ1n) is 8.62. The van der Waals surface area contributed by atoms with Crippen molar-refractivity contribution >= 4 is 22.4 Å². The summed E-state index contributed by atoms with van der Waals surface area (Å²) in [5.41, 5.74) is 4.25. The molecule has 0 spiro atoms. The molecule has 2 aromatic carbocycles. The number of ether oxygens (including phenoxy) is 1. The molecule has 0 unspecified atom stereocenters. The van der Waals surface area contributed by atoms with Crippen molar-refractivity contribution in [1.29, 1.82) is 0 Å². The van der Waals surface area contributed by atoms with Crippen LogP contribution in [-0.4, -0.2) is 17.5 Å². The second-order valence-corrected chi connectivity index (χ2v) is 7.03. The van der Waals surface area contributed by atoms with E-state index in [2.05, 4.69) is 29.4 Å². The summed E-state index contributed by atoms with van der Waals surface area (Å²) >= 11 is 1.44. The van der Waals surface area contributed by atoms with Gasteiger partial charge in [0.05, 0.1) is 12.3 Å². The van der Waals surface area contributed by atoms with E-state index < -0.39 is 0 Å². The number of amides is 1. The number of nitrogens with zero attached hydrogens (tertiary/aromatic N) is 1. The van der Waals surface area contributed by atoms with Crippen molar-refractivity contribution in [3.05, 3.63) is 65.0 Å². The van der Waals surface area contributed by atoms with Crippen LogP contribution >= 0.6 is 11.3 Å².